The van der Waals surface area contributed by atoms with Gasteiger partial charge in [0.05, 0.1) is 12.2 Å². The van der Waals surface area contributed by atoms with Crippen LogP contribution in [0.5, 0.6) is 17.2 Å². The lowest BCUT2D eigenvalue weighted by Crippen LogP contribution is -2.18. The first kappa shape index (κ1) is 21.3. The fraction of sp³-hybridized carbons (Fsp3) is 0.545. The summed E-state index contributed by atoms with van der Waals surface area (Å²) in [4.78, 5) is 0. The number of aliphatic hydroxyl groups excluding tert-OH is 2. The molecule has 0 aliphatic heterocycles. The van der Waals surface area contributed by atoms with E-state index in [0.29, 0.717) is 24.3 Å². The molecule has 2 aromatic carbocycles. The number of benzene rings is 2. The number of phenolic OH excluding ortho intramolecular Hbond substituents is 1. The maximum atomic E-state index is 10.4. The van der Waals surface area contributed by atoms with Gasteiger partial charge in [-0.15, -0.1) is 0 Å². The molecule has 3 N–H and O–H groups in total. The van der Waals surface area contributed by atoms with Crippen LogP contribution < -0.4 is 9.47 Å². The third-order valence-corrected chi connectivity index (χ3v) is 4.57. The monoisotopic (exact) mass is 376 g/mol. The molecule has 0 amide bonds. The predicted molar refractivity (Wildman–Crippen MR) is 108 cm³/mol. The van der Waals surface area contributed by atoms with Gasteiger partial charge in [0.15, 0.2) is 11.5 Å². The van der Waals surface area contributed by atoms with Crippen LogP contribution in [-0.2, 0) is 0 Å². The molecule has 2 aromatic rings. The third kappa shape index (κ3) is 6.29. The topological polar surface area (TPSA) is 79.2 Å². The van der Waals surface area contributed by atoms with Crippen LogP contribution >= 0.6 is 0 Å². The van der Waals surface area contributed by atoms with Gasteiger partial charge in [0.25, 0.3) is 0 Å². The molecule has 0 radical (unpaired) electrons. The molecule has 150 valence electrons. The second-order valence-electron chi connectivity index (χ2n) is 6.98. The van der Waals surface area contributed by atoms with Crippen LogP contribution in [-0.4, -0.2) is 40.7 Å². The average molecular weight is 376 g/mol. The summed E-state index contributed by atoms with van der Waals surface area (Å²) < 4.78 is 11.5. The van der Waals surface area contributed by atoms with Crippen molar-refractivity contribution < 1.29 is 24.8 Å². The van der Waals surface area contributed by atoms with Crippen molar-refractivity contribution in [3.63, 3.8) is 0 Å². The molecule has 5 heteroatoms. The van der Waals surface area contributed by atoms with E-state index in [0.717, 1.165) is 36.5 Å². The summed E-state index contributed by atoms with van der Waals surface area (Å²) in [5.74, 6) is 0.826. The number of hydrogen-bond acceptors (Lipinski definition) is 5. The summed E-state index contributed by atoms with van der Waals surface area (Å²) in [5.41, 5.74) is 0. The highest BCUT2D eigenvalue weighted by molar-refractivity contribution is 5.95. The summed E-state index contributed by atoms with van der Waals surface area (Å²) in [6, 6.07) is 9.01. The molecule has 0 aromatic heterocycles. The molecule has 27 heavy (non-hydrogen) atoms. The van der Waals surface area contributed by atoms with Gasteiger partial charge in [0, 0.05) is 16.8 Å². The van der Waals surface area contributed by atoms with Crippen LogP contribution in [0.3, 0.4) is 0 Å². The highest BCUT2D eigenvalue weighted by atomic mass is 16.5. The minimum Gasteiger partial charge on any atom is -0.504 e. The van der Waals surface area contributed by atoms with Crippen LogP contribution in [0.2, 0.25) is 0 Å². The van der Waals surface area contributed by atoms with Crippen molar-refractivity contribution in [2.45, 2.75) is 64.6 Å². The average Bonchev–Trinajstić information content (AvgIpc) is 2.68. The van der Waals surface area contributed by atoms with Crippen LogP contribution in [0.4, 0.5) is 0 Å². The van der Waals surface area contributed by atoms with Crippen LogP contribution in [0.15, 0.2) is 30.3 Å². The van der Waals surface area contributed by atoms with Crippen molar-refractivity contribution in [1.29, 1.82) is 0 Å². The Morgan fingerprint density at radius 1 is 0.852 bits per heavy atom. The zero-order chi connectivity index (χ0) is 19.6. The van der Waals surface area contributed by atoms with Crippen molar-refractivity contribution in [3.8, 4) is 17.2 Å². The maximum Gasteiger partial charge on any atom is 0.169 e. The lowest BCUT2D eigenvalue weighted by atomic mass is 10.1. The Balaban J connectivity index is 2.15. The van der Waals surface area contributed by atoms with Crippen molar-refractivity contribution >= 4 is 10.8 Å². The molecule has 2 rings (SSSR count). The number of phenols is 1. The lowest BCUT2D eigenvalue weighted by Gasteiger charge is -2.18. The molecule has 0 fully saturated rings. The normalized spacial score (nSPS) is 13.5. The second-order valence-corrected chi connectivity index (χ2v) is 6.98. The number of aromatic hydroxyl groups is 1. The Hall–Kier alpha value is -1.98. The number of aliphatic hydroxyl groups is 2. The summed E-state index contributed by atoms with van der Waals surface area (Å²) in [5, 5.41) is 32.0. The molecule has 0 aliphatic rings. The van der Waals surface area contributed by atoms with E-state index in [2.05, 4.69) is 13.8 Å². The van der Waals surface area contributed by atoms with Gasteiger partial charge < -0.3 is 24.8 Å². The standard InChI is InChI=1S/C22H32O5/c1-3-5-9-16(23)14-26-21-13-20(25)22(19-12-8-7-11-18(19)21)27-15-17(24)10-6-4-2/h7-8,11-13,16-17,23-25H,3-6,9-10,14-15H2,1-2H3. The molecule has 0 saturated carbocycles. The van der Waals surface area contributed by atoms with Gasteiger partial charge in [0.1, 0.15) is 19.0 Å². The van der Waals surface area contributed by atoms with E-state index in [1.54, 1.807) is 0 Å². The third-order valence-electron chi connectivity index (χ3n) is 4.57. The van der Waals surface area contributed by atoms with E-state index in [1.807, 2.05) is 24.3 Å². The lowest BCUT2D eigenvalue weighted by molar-refractivity contribution is 0.0959. The Morgan fingerprint density at radius 3 is 2.00 bits per heavy atom. The van der Waals surface area contributed by atoms with E-state index < -0.39 is 12.2 Å². The van der Waals surface area contributed by atoms with E-state index >= 15 is 0 Å². The molecule has 2 unspecified atom stereocenters. The SMILES string of the molecule is CCCCC(O)COc1cc(O)c(OCC(O)CCCC)c2ccccc12. The summed E-state index contributed by atoms with van der Waals surface area (Å²) >= 11 is 0. The Morgan fingerprint density at radius 2 is 1.41 bits per heavy atom. The van der Waals surface area contributed by atoms with Crippen molar-refractivity contribution in [2.75, 3.05) is 13.2 Å². The fourth-order valence-corrected chi connectivity index (χ4v) is 2.98. The van der Waals surface area contributed by atoms with Gasteiger partial charge in [-0.05, 0) is 12.8 Å². The molecular formula is C22H32O5. The minimum absolute atomic E-state index is 0.0329. The Labute approximate surface area is 161 Å². The predicted octanol–water partition coefficient (Wildman–Crippen LogP) is 4.41. The molecular weight excluding hydrogens is 344 g/mol. The molecule has 0 spiro atoms. The number of rotatable bonds is 12. The second kappa shape index (κ2) is 11.0. The van der Waals surface area contributed by atoms with Gasteiger partial charge in [-0.2, -0.15) is 0 Å². The van der Waals surface area contributed by atoms with Crippen LogP contribution in [0.25, 0.3) is 10.8 Å². The first-order valence-electron chi connectivity index (χ1n) is 9.93. The van der Waals surface area contributed by atoms with Crippen LogP contribution in [0, 0.1) is 0 Å². The number of unbranched alkanes of at least 4 members (excludes halogenated alkanes) is 2. The summed E-state index contributed by atoms with van der Waals surface area (Å²) in [6.45, 7) is 4.47. The van der Waals surface area contributed by atoms with Crippen molar-refractivity contribution in [2.24, 2.45) is 0 Å². The molecule has 2 atom stereocenters. The van der Waals surface area contributed by atoms with Gasteiger partial charge in [-0.25, -0.2) is 0 Å². The zero-order valence-electron chi connectivity index (χ0n) is 16.4. The van der Waals surface area contributed by atoms with Crippen molar-refractivity contribution in [1.82, 2.24) is 0 Å². The van der Waals surface area contributed by atoms with E-state index in [1.165, 1.54) is 6.07 Å². The minimum atomic E-state index is -0.562. The zero-order valence-corrected chi connectivity index (χ0v) is 16.4. The van der Waals surface area contributed by atoms with E-state index in [9.17, 15) is 15.3 Å². The molecule has 0 saturated heterocycles. The molecule has 5 nitrogen and oxygen atoms in total. The highest BCUT2D eigenvalue weighted by Crippen LogP contribution is 2.41. The van der Waals surface area contributed by atoms with E-state index in [4.69, 9.17) is 9.47 Å². The van der Waals surface area contributed by atoms with Crippen molar-refractivity contribution in [3.05, 3.63) is 30.3 Å². The van der Waals surface area contributed by atoms with Gasteiger partial charge >= 0.3 is 0 Å². The Bertz CT molecular complexity index is 700. The molecule has 0 heterocycles. The number of ether oxygens (including phenoxy) is 2. The molecule has 0 aliphatic carbocycles. The quantitative estimate of drug-likeness (QED) is 0.511. The Kier molecular flexibility index (Phi) is 8.69. The highest BCUT2D eigenvalue weighted by Gasteiger charge is 2.16. The first-order valence-corrected chi connectivity index (χ1v) is 9.93. The number of fused-ring (bicyclic) bond motifs is 1. The van der Waals surface area contributed by atoms with E-state index in [-0.39, 0.29) is 19.0 Å². The largest absolute Gasteiger partial charge is 0.504 e. The maximum absolute atomic E-state index is 10.4. The van der Waals surface area contributed by atoms with Gasteiger partial charge in [-0.3, -0.25) is 0 Å². The summed E-state index contributed by atoms with van der Waals surface area (Å²) in [6.07, 6.45) is 4.19. The van der Waals surface area contributed by atoms with Gasteiger partial charge in [-0.1, -0.05) is 63.8 Å². The van der Waals surface area contributed by atoms with Gasteiger partial charge in [0.2, 0.25) is 0 Å². The first-order chi connectivity index (χ1) is 13.1. The summed E-state index contributed by atoms with van der Waals surface area (Å²) in [7, 11) is 0. The molecule has 0 bridgehead atoms. The smallest absolute Gasteiger partial charge is 0.169 e. The van der Waals surface area contributed by atoms with Crippen LogP contribution in [0.1, 0.15) is 52.4 Å². The number of hydrogen-bond donors (Lipinski definition) is 3. The fourth-order valence-electron chi connectivity index (χ4n) is 2.98.